The fraction of sp³-hybridized carbons (Fsp3) is 0. The normalized spacial score (nSPS) is 11.7. The van der Waals surface area contributed by atoms with Crippen LogP contribution in [0.15, 0.2) is 180 Å². The van der Waals surface area contributed by atoms with E-state index in [1.807, 2.05) is 23.5 Å². The summed E-state index contributed by atoms with van der Waals surface area (Å²) < 4.78 is 8.80. The zero-order valence-corrected chi connectivity index (χ0v) is 27.3. The van der Waals surface area contributed by atoms with Crippen LogP contribution in [0.5, 0.6) is 0 Å². The third kappa shape index (κ3) is 4.62. The summed E-state index contributed by atoms with van der Waals surface area (Å²) in [6, 6.07) is 63.2. The molecule has 10 rings (SSSR count). The number of nitrogens with zero attached hydrogens (tertiary/aromatic N) is 1. The van der Waals surface area contributed by atoms with Gasteiger partial charge < -0.3 is 9.32 Å². The topological polar surface area (TPSA) is 16.4 Å². The molecule has 2 aromatic heterocycles. The van der Waals surface area contributed by atoms with Gasteiger partial charge in [-0.25, -0.2) is 0 Å². The van der Waals surface area contributed by atoms with Crippen LogP contribution in [0.25, 0.3) is 75.1 Å². The SMILES string of the molecule is c1ccc(N(c2ccc(-c3ccc4c(ccc5oc6ccccc6c54)c3)cc2)c2ccc(-c3cccc4c3sc3ccccc34)cc2)cc1. The molecule has 0 N–H and O–H groups in total. The largest absolute Gasteiger partial charge is 0.456 e. The predicted molar refractivity (Wildman–Crippen MR) is 210 cm³/mol. The predicted octanol–water partition coefficient (Wildman–Crippen LogP) is 13.9. The van der Waals surface area contributed by atoms with Crippen LogP contribution in [0.2, 0.25) is 0 Å². The molecule has 0 unspecified atom stereocenters. The zero-order valence-electron chi connectivity index (χ0n) is 26.5. The van der Waals surface area contributed by atoms with Crippen molar-refractivity contribution in [3.05, 3.63) is 176 Å². The molecule has 0 fully saturated rings. The quantitative estimate of drug-likeness (QED) is 0.186. The second-order valence-corrected chi connectivity index (χ2v) is 13.6. The highest BCUT2D eigenvalue weighted by Gasteiger charge is 2.15. The van der Waals surface area contributed by atoms with Gasteiger partial charge in [-0.05, 0) is 93.7 Å². The van der Waals surface area contributed by atoms with Crippen molar-refractivity contribution >= 4 is 81.3 Å². The molecule has 49 heavy (non-hydrogen) atoms. The van der Waals surface area contributed by atoms with E-state index < -0.39 is 0 Å². The molecular weight excluding hydrogens is 615 g/mol. The lowest BCUT2D eigenvalue weighted by Gasteiger charge is -2.26. The summed E-state index contributed by atoms with van der Waals surface area (Å²) >= 11 is 1.87. The van der Waals surface area contributed by atoms with Gasteiger partial charge in [-0.3, -0.25) is 0 Å². The fourth-order valence-electron chi connectivity index (χ4n) is 7.32. The Labute approximate surface area is 287 Å². The van der Waals surface area contributed by atoms with Crippen LogP contribution in [0.1, 0.15) is 0 Å². The van der Waals surface area contributed by atoms with E-state index in [9.17, 15) is 0 Å². The van der Waals surface area contributed by atoms with Crippen molar-refractivity contribution in [3.8, 4) is 22.3 Å². The standard InChI is InChI=1S/C46H29NOS/c1-2-9-34(10-3-1)47(36-25-19-31(20-26-36)38-13-8-14-40-39-11-5-7-16-44(39)49-46(38)40)35-23-17-30(18-24-35)32-21-27-37-33(29-32)22-28-43-45(37)41-12-4-6-15-42(41)48-43/h1-29H. The summed E-state index contributed by atoms with van der Waals surface area (Å²) in [4.78, 5) is 2.33. The van der Waals surface area contributed by atoms with E-state index in [1.165, 1.54) is 58.6 Å². The molecule has 0 saturated carbocycles. The molecule has 2 heterocycles. The van der Waals surface area contributed by atoms with Gasteiger partial charge in [0.25, 0.3) is 0 Å². The Kier molecular flexibility index (Phi) is 6.39. The summed E-state index contributed by atoms with van der Waals surface area (Å²) in [5, 5.41) is 7.41. The van der Waals surface area contributed by atoms with Crippen LogP contribution >= 0.6 is 11.3 Å². The van der Waals surface area contributed by atoms with E-state index in [1.54, 1.807) is 0 Å². The first-order valence-electron chi connectivity index (χ1n) is 16.6. The van der Waals surface area contributed by atoms with Gasteiger partial charge in [0, 0.05) is 48.0 Å². The Morgan fingerprint density at radius 3 is 1.88 bits per heavy atom. The minimum absolute atomic E-state index is 0.927. The van der Waals surface area contributed by atoms with Crippen LogP contribution in [-0.4, -0.2) is 0 Å². The molecule has 0 aliphatic rings. The molecule has 0 aliphatic heterocycles. The smallest absolute Gasteiger partial charge is 0.136 e. The van der Waals surface area contributed by atoms with Crippen molar-refractivity contribution in [2.45, 2.75) is 0 Å². The third-order valence-corrected chi connectivity index (χ3v) is 10.9. The van der Waals surface area contributed by atoms with Crippen molar-refractivity contribution in [2.75, 3.05) is 4.90 Å². The van der Waals surface area contributed by atoms with Gasteiger partial charge in [0.15, 0.2) is 0 Å². The van der Waals surface area contributed by atoms with Crippen molar-refractivity contribution in [3.63, 3.8) is 0 Å². The van der Waals surface area contributed by atoms with Crippen LogP contribution in [0.3, 0.4) is 0 Å². The molecule has 0 saturated heterocycles. The van der Waals surface area contributed by atoms with Crippen LogP contribution < -0.4 is 4.90 Å². The second-order valence-electron chi connectivity index (χ2n) is 12.5. The summed E-state index contributed by atoms with van der Waals surface area (Å²) in [6.45, 7) is 0. The monoisotopic (exact) mass is 643 g/mol. The van der Waals surface area contributed by atoms with Crippen LogP contribution in [0.4, 0.5) is 17.1 Å². The minimum Gasteiger partial charge on any atom is -0.456 e. The lowest BCUT2D eigenvalue weighted by Crippen LogP contribution is -2.09. The Hall–Kier alpha value is -6.16. The fourth-order valence-corrected chi connectivity index (χ4v) is 8.56. The Bertz CT molecular complexity index is 2810. The molecular formula is C46H29NOS. The Morgan fingerprint density at radius 1 is 0.408 bits per heavy atom. The molecule has 10 aromatic rings. The molecule has 2 nitrogen and oxygen atoms in total. The number of hydrogen-bond donors (Lipinski definition) is 0. The van der Waals surface area contributed by atoms with E-state index in [-0.39, 0.29) is 0 Å². The highest BCUT2D eigenvalue weighted by atomic mass is 32.1. The van der Waals surface area contributed by atoms with E-state index in [0.717, 1.165) is 33.6 Å². The maximum Gasteiger partial charge on any atom is 0.136 e. The number of furan rings is 1. The molecule has 0 radical (unpaired) electrons. The zero-order chi connectivity index (χ0) is 32.3. The van der Waals surface area contributed by atoms with Gasteiger partial charge in [-0.15, -0.1) is 11.3 Å². The number of hydrogen-bond acceptors (Lipinski definition) is 3. The van der Waals surface area contributed by atoms with Gasteiger partial charge in [0.2, 0.25) is 0 Å². The average molecular weight is 644 g/mol. The third-order valence-electron chi connectivity index (χ3n) is 9.67. The molecule has 230 valence electrons. The summed E-state index contributed by atoms with van der Waals surface area (Å²) in [6.07, 6.45) is 0. The number of thiophene rings is 1. The first-order chi connectivity index (χ1) is 24.3. The molecule has 0 atom stereocenters. The highest BCUT2D eigenvalue weighted by molar-refractivity contribution is 7.26. The maximum atomic E-state index is 6.14. The van der Waals surface area contributed by atoms with Crippen molar-refractivity contribution in [1.29, 1.82) is 0 Å². The molecule has 0 bridgehead atoms. The maximum absolute atomic E-state index is 6.14. The highest BCUT2D eigenvalue weighted by Crippen LogP contribution is 2.42. The molecule has 0 amide bonds. The van der Waals surface area contributed by atoms with Gasteiger partial charge >= 0.3 is 0 Å². The van der Waals surface area contributed by atoms with Crippen LogP contribution in [0, 0.1) is 0 Å². The first kappa shape index (κ1) is 27.9. The number of anilines is 3. The minimum atomic E-state index is 0.927. The lowest BCUT2D eigenvalue weighted by molar-refractivity contribution is 0.669. The van der Waals surface area contributed by atoms with Gasteiger partial charge in [0.1, 0.15) is 11.2 Å². The average Bonchev–Trinajstić information content (AvgIpc) is 3.75. The van der Waals surface area contributed by atoms with Crippen molar-refractivity contribution in [2.24, 2.45) is 0 Å². The molecule has 0 aliphatic carbocycles. The number of fused-ring (bicyclic) bond motifs is 8. The second kappa shape index (κ2) is 11.2. The molecule has 3 heteroatoms. The summed E-state index contributed by atoms with van der Waals surface area (Å²) in [5.74, 6) is 0. The summed E-state index contributed by atoms with van der Waals surface area (Å²) in [7, 11) is 0. The number of para-hydroxylation sites is 2. The van der Waals surface area contributed by atoms with E-state index in [2.05, 4.69) is 169 Å². The molecule has 0 spiro atoms. The first-order valence-corrected chi connectivity index (χ1v) is 17.4. The van der Waals surface area contributed by atoms with Crippen molar-refractivity contribution in [1.82, 2.24) is 0 Å². The Balaban J connectivity index is 1.01. The van der Waals surface area contributed by atoms with Crippen molar-refractivity contribution < 1.29 is 4.42 Å². The number of rotatable bonds is 5. The van der Waals surface area contributed by atoms with Gasteiger partial charge in [-0.1, -0.05) is 115 Å². The van der Waals surface area contributed by atoms with E-state index in [0.29, 0.717) is 0 Å². The van der Waals surface area contributed by atoms with Gasteiger partial charge in [0.05, 0.1) is 0 Å². The van der Waals surface area contributed by atoms with Crippen LogP contribution in [-0.2, 0) is 0 Å². The molecule has 8 aromatic carbocycles. The Morgan fingerprint density at radius 2 is 1.06 bits per heavy atom. The van der Waals surface area contributed by atoms with E-state index in [4.69, 9.17) is 4.42 Å². The number of benzene rings is 8. The lowest BCUT2D eigenvalue weighted by atomic mass is 9.98. The summed E-state index contributed by atoms with van der Waals surface area (Å²) in [5.41, 5.74) is 10.1. The van der Waals surface area contributed by atoms with E-state index >= 15 is 0 Å². The van der Waals surface area contributed by atoms with Gasteiger partial charge in [-0.2, -0.15) is 0 Å².